The van der Waals surface area contributed by atoms with Crippen LogP contribution in [0, 0.1) is 5.92 Å². The van der Waals surface area contributed by atoms with Crippen LogP contribution in [-0.4, -0.2) is 96.7 Å². The number of aliphatic hydroxyl groups excluding tert-OH is 1. The van der Waals surface area contributed by atoms with Crippen molar-refractivity contribution < 1.29 is 80.2 Å². The molecule has 504 valence electrons. The number of hydrogen-bond acceptors (Lipinski definition) is 15. The van der Waals surface area contributed by atoms with E-state index in [4.69, 9.17) is 37.0 Å². The molecule has 0 spiro atoms. The van der Waals surface area contributed by atoms with Crippen molar-refractivity contribution in [2.75, 3.05) is 39.6 Å². The second-order valence-corrected chi connectivity index (χ2v) is 27.2. The molecule has 5 atom stereocenters. The maximum Gasteiger partial charge on any atom is 0.472 e. The first-order chi connectivity index (χ1) is 41.0. The van der Waals surface area contributed by atoms with Crippen molar-refractivity contribution in [2.45, 2.75) is 355 Å². The van der Waals surface area contributed by atoms with Crippen LogP contribution in [0.4, 0.5) is 0 Å². The highest BCUT2D eigenvalue weighted by Gasteiger charge is 2.30. The number of aliphatic hydroxyl groups is 1. The summed E-state index contributed by atoms with van der Waals surface area (Å²) in [5.74, 6) is -1.36. The average molecular weight is 1260 g/mol. The predicted octanol–water partition coefficient (Wildman–Crippen LogP) is 18.6. The van der Waals surface area contributed by atoms with Gasteiger partial charge < -0.3 is 33.8 Å². The molecule has 0 bridgehead atoms. The van der Waals surface area contributed by atoms with Crippen LogP contribution in [0.5, 0.6) is 0 Å². The molecule has 0 radical (unpaired) electrons. The highest BCUT2D eigenvalue weighted by atomic mass is 31.2. The van der Waals surface area contributed by atoms with Crippen molar-refractivity contribution in [3.05, 3.63) is 0 Å². The van der Waals surface area contributed by atoms with Gasteiger partial charge in [0.1, 0.15) is 19.3 Å². The summed E-state index contributed by atoms with van der Waals surface area (Å²) in [5.41, 5.74) is 0. The van der Waals surface area contributed by atoms with Gasteiger partial charge in [0, 0.05) is 25.7 Å². The summed E-state index contributed by atoms with van der Waals surface area (Å²) in [6.45, 7) is 7.17. The Morgan fingerprint density at radius 1 is 0.318 bits per heavy atom. The molecule has 0 aliphatic carbocycles. The van der Waals surface area contributed by atoms with Crippen LogP contribution in [0.15, 0.2) is 0 Å². The average Bonchev–Trinajstić information content (AvgIpc) is 3.54. The molecular formula is C66H128O17P2. The van der Waals surface area contributed by atoms with E-state index in [1.165, 1.54) is 148 Å². The fraction of sp³-hybridized carbons (Fsp3) is 0.939. The molecule has 2 unspecified atom stereocenters. The van der Waals surface area contributed by atoms with E-state index in [0.29, 0.717) is 25.7 Å². The first-order valence-electron chi connectivity index (χ1n) is 34.6. The number of carbonyl (C=O) groups is 4. The Hall–Kier alpha value is -1.94. The van der Waals surface area contributed by atoms with E-state index in [9.17, 15) is 43.2 Å². The first-order valence-corrected chi connectivity index (χ1v) is 37.6. The van der Waals surface area contributed by atoms with Gasteiger partial charge in [0.2, 0.25) is 0 Å². The topological polar surface area (TPSA) is 237 Å². The monoisotopic (exact) mass is 1250 g/mol. The van der Waals surface area contributed by atoms with E-state index >= 15 is 0 Å². The SMILES string of the molecule is CCCCCCCCCCCCCCCCC(=O)OC[C@H](COP(=O)(O)OC[C@@H](O)COP(=O)(O)OC[C@@H](COC(=O)CCCCCCCCCC)OC(=O)CCCCCCCCCC)OC(=O)CCCCCCCCCCCCCCC(C)C. The lowest BCUT2D eigenvalue weighted by Gasteiger charge is -2.21. The Kier molecular flexibility index (Phi) is 58.3. The van der Waals surface area contributed by atoms with Gasteiger partial charge in [0.25, 0.3) is 0 Å². The number of phosphoric acid groups is 2. The van der Waals surface area contributed by atoms with Crippen molar-refractivity contribution >= 4 is 39.5 Å². The summed E-state index contributed by atoms with van der Waals surface area (Å²) in [7, 11) is -9.88. The number of phosphoric ester groups is 2. The molecule has 0 saturated carbocycles. The zero-order valence-corrected chi connectivity index (χ0v) is 56.5. The second-order valence-electron chi connectivity index (χ2n) is 24.3. The highest BCUT2D eigenvalue weighted by molar-refractivity contribution is 7.47. The largest absolute Gasteiger partial charge is 0.472 e. The van der Waals surface area contributed by atoms with Gasteiger partial charge in [-0.1, -0.05) is 285 Å². The molecular weight excluding hydrogens is 1130 g/mol. The van der Waals surface area contributed by atoms with Crippen LogP contribution >= 0.6 is 15.6 Å². The minimum absolute atomic E-state index is 0.105. The van der Waals surface area contributed by atoms with E-state index in [1.807, 2.05) is 0 Å². The molecule has 0 aromatic rings. The number of hydrogen-bond donors (Lipinski definition) is 3. The number of unbranched alkanes of at least 4 members (excludes halogenated alkanes) is 38. The van der Waals surface area contributed by atoms with Crippen molar-refractivity contribution in [3.63, 3.8) is 0 Å². The molecule has 17 nitrogen and oxygen atoms in total. The third kappa shape index (κ3) is 60.7. The normalized spacial score (nSPS) is 14.2. The number of esters is 4. The summed E-state index contributed by atoms with van der Waals surface area (Å²) >= 11 is 0. The van der Waals surface area contributed by atoms with Crippen molar-refractivity contribution in [1.82, 2.24) is 0 Å². The minimum Gasteiger partial charge on any atom is -0.462 e. The minimum atomic E-state index is -4.95. The highest BCUT2D eigenvalue weighted by Crippen LogP contribution is 2.45. The summed E-state index contributed by atoms with van der Waals surface area (Å²) in [5, 5.41) is 10.5. The van der Waals surface area contributed by atoms with E-state index in [0.717, 1.165) is 109 Å². The van der Waals surface area contributed by atoms with Gasteiger partial charge in [0.05, 0.1) is 26.4 Å². The lowest BCUT2D eigenvalue weighted by molar-refractivity contribution is -0.161. The Morgan fingerprint density at radius 3 is 0.800 bits per heavy atom. The molecule has 0 fully saturated rings. The Morgan fingerprint density at radius 2 is 0.541 bits per heavy atom. The smallest absolute Gasteiger partial charge is 0.462 e. The molecule has 0 aromatic heterocycles. The number of ether oxygens (including phenoxy) is 4. The summed E-state index contributed by atoms with van der Waals surface area (Å²) in [4.78, 5) is 72.2. The van der Waals surface area contributed by atoms with Crippen LogP contribution in [0.25, 0.3) is 0 Å². The first kappa shape index (κ1) is 83.1. The van der Waals surface area contributed by atoms with Gasteiger partial charge in [-0.15, -0.1) is 0 Å². The Bertz CT molecular complexity index is 1650. The molecule has 0 amide bonds. The molecule has 19 heteroatoms. The summed E-state index contributed by atoms with van der Waals surface area (Å²) in [6.07, 6.45) is 44.5. The zero-order valence-electron chi connectivity index (χ0n) is 54.7. The fourth-order valence-corrected chi connectivity index (χ4v) is 11.5. The van der Waals surface area contributed by atoms with Crippen LogP contribution < -0.4 is 0 Å². The number of carbonyl (C=O) groups excluding carboxylic acids is 4. The van der Waals surface area contributed by atoms with E-state index in [1.54, 1.807) is 0 Å². The van der Waals surface area contributed by atoms with Crippen LogP contribution in [0.1, 0.15) is 336 Å². The third-order valence-electron chi connectivity index (χ3n) is 15.3. The zero-order chi connectivity index (χ0) is 62.8. The lowest BCUT2D eigenvalue weighted by atomic mass is 10.0. The molecule has 0 aliphatic heterocycles. The maximum atomic E-state index is 13.0. The molecule has 0 saturated heterocycles. The van der Waals surface area contributed by atoms with Gasteiger partial charge in [-0.3, -0.25) is 37.3 Å². The Labute approximate surface area is 517 Å². The lowest BCUT2D eigenvalue weighted by Crippen LogP contribution is -2.30. The summed E-state index contributed by atoms with van der Waals surface area (Å²) < 4.78 is 68.0. The van der Waals surface area contributed by atoms with Crippen molar-refractivity contribution in [2.24, 2.45) is 5.92 Å². The van der Waals surface area contributed by atoms with Crippen molar-refractivity contribution in [1.29, 1.82) is 0 Å². The van der Waals surface area contributed by atoms with Gasteiger partial charge in [0.15, 0.2) is 12.2 Å². The quantitative estimate of drug-likeness (QED) is 0.0222. The van der Waals surface area contributed by atoms with Crippen LogP contribution in [0.2, 0.25) is 0 Å². The van der Waals surface area contributed by atoms with Gasteiger partial charge in [-0.05, 0) is 31.6 Å². The van der Waals surface area contributed by atoms with Crippen molar-refractivity contribution in [3.8, 4) is 0 Å². The Balaban J connectivity index is 5.20. The molecule has 0 aliphatic rings. The van der Waals surface area contributed by atoms with Crippen LogP contribution in [-0.2, 0) is 65.4 Å². The molecule has 0 heterocycles. The molecule has 0 rings (SSSR count). The standard InChI is InChI=1S/C66H128O17P2/c1-6-9-12-15-18-21-22-23-24-28-31-36-40-45-50-64(69)77-56-62(83-66(71)52-47-42-37-32-29-26-25-27-30-33-38-43-48-59(4)5)58-81-85(74,75)79-54-60(67)53-78-84(72,73)80-57-61(82-65(70)51-46-41-35-20-17-14-11-8-3)55-76-63(68)49-44-39-34-19-16-13-10-7-2/h59-62,67H,6-58H2,1-5H3,(H,72,73)(H,74,75)/t60-,61+,62+/m0/s1. The predicted molar refractivity (Wildman–Crippen MR) is 340 cm³/mol. The van der Waals surface area contributed by atoms with E-state index in [2.05, 4.69) is 34.6 Å². The second kappa shape index (κ2) is 59.7. The summed E-state index contributed by atoms with van der Waals surface area (Å²) in [6, 6.07) is 0. The molecule has 0 aromatic carbocycles. The van der Waals surface area contributed by atoms with Crippen LogP contribution in [0.3, 0.4) is 0 Å². The number of rotatable bonds is 66. The van der Waals surface area contributed by atoms with Gasteiger partial charge in [-0.25, -0.2) is 9.13 Å². The van der Waals surface area contributed by atoms with Gasteiger partial charge >= 0.3 is 39.5 Å². The fourth-order valence-electron chi connectivity index (χ4n) is 9.94. The van der Waals surface area contributed by atoms with E-state index < -0.39 is 97.5 Å². The maximum absolute atomic E-state index is 13.0. The third-order valence-corrected chi connectivity index (χ3v) is 17.2. The van der Waals surface area contributed by atoms with E-state index in [-0.39, 0.29) is 25.7 Å². The van der Waals surface area contributed by atoms with Gasteiger partial charge in [-0.2, -0.15) is 0 Å². The molecule has 85 heavy (non-hydrogen) atoms. The molecule has 3 N–H and O–H groups in total.